The van der Waals surface area contributed by atoms with Crippen molar-refractivity contribution in [2.24, 2.45) is 0 Å². The summed E-state index contributed by atoms with van der Waals surface area (Å²) in [5.74, 6) is 2.01. The first-order valence-electron chi connectivity index (χ1n) is 11.5. The largest absolute Gasteiger partial charge is 0.342 e. The van der Waals surface area contributed by atoms with Crippen molar-refractivity contribution >= 4 is 17.6 Å². The van der Waals surface area contributed by atoms with Crippen molar-refractivity contribution in [3.8, 4) is 0 Å². The summed E-state index contributed by atoms with van der Waals surface area (Å²) in [7, 11) is 0. The Bertz CT molecular complexity index is 987. The van der Waals surface area contributed by atoms with Crippen LogP contribution in [0.3, 0.4) is 0 Å². The second kappa shape index (κ2) is 9.16. The third-order valence-corrected chi connectivity index (χ3v) is 6.50. The average Bonchev–Trinajstić information content (AvgIpc) is 2.78. The number of rotatable bonds is 5. The minimum Gasteiger partial charge on any atom is -0.342 e. The molecule has 2 amide bonds. The average molecular weight is 421 g/mol. The lowest BCUT2D eigenvalue weighted by Gasteiger charge is -2.34. The molecule has 0 bridgehead atoms. The summed E-state index contributed by atoms with van der Waals surface area (Å²) in [5.41, 5.74) is 4.51. The third kappa shape index (κ3) is 4.63. The van der Waals surface area contributed by atoms with E-state index in [1.54, 1.807) is 0 Å². The third-order valence-electron chi connectivity index (χ3n) is 6.50. The Morgan fingerprint density at radius 3 is 2.81 bits per heavy atom. The molecule has 6 nitrogen and oxygen atoms in total. The maximum atomic E-state index is 12.8. The van der Waals surface area contributed by atoms with Crippen molar-refractivity contribution in [2.45, 2.75) is 65.2 Å². The summed E-state index contributed by atoms with van der Waals surface area (Å²) in [6.45, 7) is 8.12. The van der Waals surface area contributed by atoms with Gasteiger partial charge in [-0.05, 0) is 45.1 Å². The normalized spacial score (nSPS) is 18.8. The van der Waals surface area contributed by atoms with Gasteiger partial charge in [0.05, 0.1) is 0 Å². The predicted molar refractivity (Wildman–Crippen MR) is 121 cm³/mol. The summed E-state index contributed by atoms with van der Waals surface area (Å²) in [6.07, 6.45) is 4.47. The van der Waals surface area contributed by atoms with Gasteiger partial charge < -0.3 is 4.90 Å². The highest BCUT2D eigenvalue weighted by Crippen LogP contribution is 2.32. The topological polar surface area (TPSA) is 66.4 Å². The molecule has 0 saturated carbocycles. The van der Waals surface area contributed by atoms with Crippen LogP contribution in [0.15, 0.2) is 24.3 Å². The summed E-state index contributed by atoms with van der Waals surface area (Å²) in [5, 5.41) is 0. The molecular weight excluding hydrogens is 388 g/mol. The molecule has 0 unspecified atom stereocenters. The number of aromatic nitrogens is 2. The van der Waals surface area contributed by atoms with Crippen molar-refractivity contribution in [3.05, 3.63) is 52.5 Å². The van der Waals surface area contributed by atoms with E-state index in [0.29, 0.717) is 32.4 Å². The number of carbonyl (C=O) groups excluding carboxylic acids is 2. The van der Waals surface area contributed by atoms with E-state index in [-0.39, 0.29) is 17.7 Å². The number of hydrogen-bond acceptors (Lipinski definition) is 4. The standard InChI is InChI=1S/C25H32N4O2/c1-4-22(30)28-13-6-9-20(16-28)24-26-18(3)21-10-11-23(31)29(25(21)27-24)14-12-19-8-5-7-17(2)15-19/h5,7-8,15,20H,4,6,9-14,16H2,1-3H3/t20-/m1/s1. The molecule has 3 heterocycles. The Hall–Kier alpha value is -2.76. The predicted octanol–water partition coefficient (Wildman–Crippen LogP) is 3.73. The Kier molecular flexibility index (Phi) is 6.35. The first kappa shape index (κ1) is 21.5. The van der Waals surface area contributed by atoms with Crippen LogP contribution in [0.1, 0.15) is 66.7 Å². The molecule has 1 fully saturated rings. The van der Waals surface area contributed by atoms with Gasteiger partial charge in [-0.2, -0.15) is 0 Å². The van der Waals surface area contributed by atoms with Crippen LogP contribution in [-0.2, 0) is 22.4 Å². The molecule has 1 atom stereocenters. The molecule has 0 spiro atoms. The van der Waals surface area contributed by atoms with Gasteiger partial charge in [0.15, 0.2) is 0 Å². The van der Waals surface area contributed by atoms with E-state index in [1.807, 2.05) is 23.6 Å². The van der Waals surface area contributed by atoms with E-state index in [2.05, 4.69) is 31.2 Å². The van der Waals surface area contributed by atoms with Crippen molar-refractivity contribution in [1.82, 2.24) is 14.9 Å². The van der Waals surface area contributed by atoms with Gasteiger partial charge in [0, 0.05) is 49.7 Å². The molecule has 2 aromatic rings. The van der Waals surface area contributed by atoms with E-state index in [1.165, 1.54) is 11.1 Å². The number of nitrogens with zero attached hydrogens (tertiary/aromatic N) is 4. The van der Waals surface area contributed by atoms with Crippen LogP contribution in [0.2, 0.25) is 0 Å². The van der Waals surface area contributed by atoms with Crippen LogP contribution in [-0.4, -0.2) is 46.3 Å². The molecule has 31 heavy (non-hydrogen) atoms. The van der Waals surface area contributed by atoms with Gasteiger partial charge in [0.1, 0.15) is 11.6 Å². The minimum atomic E-state index is 0.129. The molecule has 0 N–H and O–H groups in total. The van der Waals surface area contributed by atoms with Gasteiger partial charge in [0.2, 0.25) is 11.8 Å². The monoisotopic (exact) mass is 420 g/mol. The molecule has 6 heteroatoms. The summed E-state index contributed by atoms with van der Waals surface area (Å²) < 4.78 is 0. The van der Waals surface area contributed by atoms with E-state index in [4.69, 9.17) is 9.97 Å². The number of fused-ring (bicyclic) bond motifs is 1. The molecule has 1 saturated heterocycles. The molecule has 2 aliphatic rings. The second-order valence-corrected chi connectivity index (χ2v) is 8.79. The van der Waals surface area contributed by atoms with Crippen LogP contribution in [0.5, 0.6) is 0 Å². The van der Waals surface area contributed by atoms with Crippen molar-refractivity contribution in [1.29, 1.82) is 0 Å². The zero-order valence-corrected chi connectivity index (χ0v) is 18.9. The SMILES string of the molecule is CCC(=O)N1CCC[C@@H](c2nc(C)c3c(n2)N(CCc2cccc(C)c2)C(=O)CC3)C1. The smallest absolute Gasteiger partial charge is 0.228 e. The highest BCUT2D eigenvalue weighted by molar-refractivity contribution is 5.95. The lowest BCUT2D eigenvalue weighted by molar-refractivity contribution is -0.132. The van der Waals surface area contributed by atoms with Crippen LogP contribution in [0, 0.1) is 13.8 Å². The molecule has 164 valence electrons. The summed E-state index contributed by atoms with van der Waals surface area (Å²) in [4.78, 5) is 38.6. The number of piperidine rings is 1. The number of carbonyl (C=O) groups is 2. The fraction of sp³-hybridized carbons (Fsp3) is 0.520. The van der Waals surface area contributed by atoms with E-state index in [9.17, 15) is 9.59 Å². The number of anilines is 1. The molecule has 0 aliphatic carbocycles. The van der Waals surface area contributed by atoms with E-state index >= 15 is 0 Å². The molecule has 4 rings (SSSR count). The van der Waals surface area contributed by atoms with Crippen molar-refractivity contribution in [2.75, 3.05) is 24.5 Å². The number of benzene rings is 1. The minimum absolute atomic E-state index is 0.129. The fourth-order valence-electron chi connectivity index (χ4n) is 4.76. The quantitative estimate of drug-likeness (QED) is 0.739. The molecule has 0 radical (unpaired) electrons. The lowest BCUT2D eigenvalue weighted by Crippen LogP contribution is -2.40. The Morgan fingerprint density at radius 2 is 2.03 bits per heavy atom. The Morgan fingerprint density at radius 1 is 1.19 bits per heavy atom. The Balaban J connectivity index is 1.59. The highest BCUT2D eigenvalue weighted by Gasteiger charge is 2.31. The summed E-state index contributed by atoms with van der Waals surface area (Å²) >= 11 is 0. The van der Waals surface area contributed by atoms with Gasteiger partial charge in [-0.1, -0.05) is 36.8 Å². The Labute approximate surface area is 184 Å². The van der Waals surface area contributed by atoms with Gasteiger partial charge in [-0.15, -0.1) is 0 Å². The first-order valence-corrected chi connectivity index (χ1v) is 11.5. The number of hydrogen-bond donors (Lipinski definition) is 0. The van der Waals surface area contributed by atoms with Crippen LogP contribution >= 0.6 is 0 Å². The van der Waals surface area contributed by atoms with E-state index < -0.39 is 0 Å². The second-order valence-electron chi connectivity index (χ2n) is 8.79. The zero-order valence-electron chi connectivity index (χ0n) is 18.9. The van der Waals surface area contributed by atoms with Crippen LogP contribution in [0.4, 0.5) is 5.82 Å². The van der Waals surface area contributed by atoms with Gasteiger partial charge in [0.25, 0.3) is 0 Å². The first-order chi connectivity index (χ1) is 15.0. The highest BCUT2D eigenvalue weighted by atomic mass is 16.2. The van der Waals surface area contributed by atoms with Gasteiger partial charge in [-0.3, -0.25) is 14.5 Å². The van der Waals surface area contributed by atoms with Gasteiger partial charge >= 0.3 is 0 Å². The van der Waals surface area contributed by atoms with Crippen molar-refractivity contribution < 1.29 is 9.59 Å². The number of likely N-dealkylation sites (tertiary alicyclic amines) is 1. The maximum absolute atomic E-state index is 12.8. The number of amides is 2. The summed E-state index contributed by atoms with van der Waals surface area (Å²) in [6, 6.07) is 8.44. The molecule has 2 aliphatic heterocycles. The number of aryl methyl sites for hydroxylation is 2. The molecular formula is C25H32N4O2. The fourth-order valence-corrected chi connectivity index (χ4v) is 4.76. The zero-order chi connectivity index (χ0) is 22.0. The van der Waals surface area contributed by atoms with Crippen molar-refractivity contribution in [3.63, 3.8) is 0 Å². The van der Waals surface area contributed by atoms with Crippen LogP contribution < -0.4 is 4.90 Å². The maximum Gasteiger partial charge on any atom is 0.228 e. The van der Waals surface area contributed by atoms with Crippen LogP contribution in [0.25, 0.3) is 0 Å². The lowest BCUT2D eigenvalue weighted by atomic mass is 9.95. The van der Waals surface area contributed by atoms with Gasteiger partial charge in [-0.25, -0.2) is 9.97 Å². The van der Waals surface area contributed by atoms with E-state index in [0.717, 1.165) is 48.7 Å². The molecule has 1 aromatic carbocycles. The molecule has 1 aromatic heterocycles.